The molecule has 0 fully saturated rings. The number of alkyl halides is 3. The van der Waals surface area contributed by atoms with Crippen LogP contribution in [0.3, 0.4) is 0 Å². The summed E-state index contributed by atoms with van der Waals surface area (Å²) in [5.74, 6) is -0.354. The number of rotatable bonds is 5. The van der Waals surface area contributed by atoms with Crippen LogP contribution in [0.15, 0.2) is 23.4 Å². The number of amidine groups is 1. The van der Waals surface area contributed by atoms with Crippen LogP contribution in [0, 0.1) is 0 Å². The van der Waals surface area contributed by atoms with Crippen molar-refractivity contribution in [2.75, 3.05) is 39.1 Å². The molecule has 5 nitrogen and oxygen atoms in total. The van der Waals surface area contributed by atoms with E-state index in [9.17, 15) is 13.2 Å². The highest BCUT2D eigenvalue weighted by molar-refractivity contribution is 6.02. The van der Waals surface area contributed by atoms with E-state index in [0.29, 0.717) is 18.8 Å². The van der Waals surface area contributed by atoms with Crippen LogP contribution in [0.1, 0.15) is 11.1 Å². The summed E-state index contributed by atoms with van der Waals surface area (Å²) in [6.07, 6.45) is -4.48. The summed E-state index contributed by atoms with van der Waals surface area (Å²) < 4.78 is 38.3. The first-order chi connectivity index (χ1) is 9.66. The maximum absolute atomic E-state index is 12.8. The van der Waals surface area contributed by atoms with Gasteiger partial charge in [-0.3, -0.25) is 0 Å². The van der Waals surface area contributed by atoms with E-state index in [1.807, 2.05) is 19.0 Å². The van der Waals surface area contributed by atoms with Crippen LogP contribution in [0.2, 0.25) is 0 Å². The zero-order valence-electron chi connectivity index (χ0n) is 12.1. The van der Waals surface area contributed by atoms with E-state index in [2.05, 4.69) is 5.16 Å². The van der Waals surface area contributed by atoms with Gasteiger partial charge in [-0.15, -0.1) is 0 Å². The number of halogens is 3. The zero-order chi connectivity index (χ0) is 16.2. The standard InChI is InChI=1S/C13H19F3N4O/c1-19(2)6-7-20(3)11-5-4-9(13(14,15)16)8-10(11)12(17)18-21/h4-5,8,21H,6-7H2,1-3H3,(H2,17,18). The predicted molar refractivity (Wildman–Crippen MR) is 75.8 cm³/mol. The first-order valence-electron chi connectivity index (χ1n) is 6.21. The average Bonchev–Trinajstić information content (AvgIpc) is 2.42. The first kappa shape index (κ1) is 17.1. The molecule has 21 heavy (non-hydrogen) atoms. The van der Waals surface area contributed by atoms with Crippen LogP contribution < -0.4 is 10.6 Å². The third-order valence-corrected chi connectivity index (χ3v) is 3.00. The Balaban J connectivity index is 3.19. The molecule has 0 aliphatic rings. The molecule has 0 saturated heterocycles. The van der Waals surface area contributed by atoms with Crippen molar-refractivity contribution in [2.24, 2.45) is 10.9 Å². The van der Waals surface area contributed by atoms with E-state index >= 15 is 0 Å². The molecule has 0 atom stereocenters. The van der Waals surface area contributed by atoms with Gasteiger partial charge in [0.1, 0.15) is 0 Å². The fourth-order valence-electron chi connectivity index (χ4n) is 1.77. The Hall–Kier alpha value is -1.96. The van der Waals surface area contributed by atoms with Gasteiger partial charge >= 0.3 is 6.18 Å². The van der Waals surface area contributed by atoms with Gasteiger partial charge in [0.15, 0.2) is 5.84 Å². The molecule has 3 N–H and O–H groups in total. The topological polar surface area (TPSA) is 65.1 Å². The number of anilines is 1. The lowest BCUT2D eigenvalue weighted by Crippen LogP contribution is -2.30. The van der Waals surface area contributed by atoms with Crippen molar-refractivity contribution in [1.29, 1.82) is 0 Å². The molecule has 0 aliphatic heterocycles. The largest absolute Gasteiger partial charge is 0.416 e. The minimum atomic E-state index is -4.48. The van der Waals surface area contributed by atoms with E-state index in [4.69, 9.17) is 10.9 Å². The highest BCUT2D eigenvalue weighted by Gasteiger charge is 2.31. The van der Waals surface area contributed by atoms with E-state index in [1.165, 1.54) is 6.07 Å². The Labute approximate surface area is 121 Å². The van der Waals surface area contributed by atoms with Crippen molar-refractivity contribution in [3.05, 3.63) is 29.3 Å². The van der Waals surface area contributed by atoms with Crippen molar-refractivity contribution in [2.45, 2.75) is 6.18 Å². The quantitative estimate of drug-likeness (QED) is 0.377. The molecule has 0 bridgehead atoms. The molecule has 0 heterocycles. The van der Waals surface area contributed by atoms with Crippen LogP contribution in [-0.4, -0.2) is 50.2 Å². The summed E-state index contributed by atoms with van der Waals surface area (Å²) in [5.41, 5.74) is 5.18. The van der Waals surface area contributed by atoms with Crippen molar-refractivity contribution in [1.82, 2.24) is 4.90 Å². The second-order valence-electron chi connectivity index (χ2n) is 4.94. The Kier molecular flexibility index (Phi) is 5.42. The molecule has 1 rings (SSSR count). The van der Waals surface area contributed by atoms with Crippen molar-refractivity contribution < 1.29 is 18.4 Å². The Morgan fingerprint density at radius 2 is 1.86 bits per heavy atom. The van der Waals surface area contributed by atoms with Gasteiger partial charge in [0.25, 0.3) is 0 Å². The molecule has 0 radical (unpaired) electrons. The maximum Gasteiger partial charge on any atom is 0.416 e. The number of likely N-dealkylation sites (N-methyl/N-ethyl adjacent to an activating group) is 2. The molecule has 8 heteroatoms. The normalized spacial score (nSPS) is 12.8. The van der Waals surface area contributed by atoms with Gasteiger partial charge in [0.05, 0.1) is 5.56 Å². The van der Waals surface area contributed by atoms with E-state index in [1.54, 1.807) is 11.9 Å². The second-order valence-corrected chi connectivity index (χ2v) is 4.94. The molecule has 1 aromatic rings. The lowest BCUT2D eigenvalue weighted by Gasteiger charge is -2.24. The molecule has 0 spiro atoms. The molecule has 1 aromatic carbocycles. The van der Waals surface area contributed by atoms with E-state index in [0.717, 1.165) is 12.1 Å². The molecule has 0 unspecified atom stereocenters. The maximum atomic E-state index is 12.8. The number of nitrogens with zero attached hydrogens (tertiary/aromatic N) is 3. The fourth-order valence-corrected chi connectivity index (χ4v) is 1.77. The smallest absolute Gasteiger partial charge is 0.409 e. The minimum Gasteiger partial charge on any atom is -0.409 e. The highest BCUT2D eigenvalue weighted by Crippen LogP contribution is 2.32. The molecule has 0 amide bonds. The van der Waals surface area contributed by atoms with E-state index in [-0.39, 0.29) is 11.4 Å². The van der Waals surface area contributed by atoms with Crippen LogP contribution in [-0.2, 0) is 6.18 Å². The summed E-state index contributed by atoms with van der Waals surface area (Å²) in [5, 5.41) is 11.6. The molecular weight excluding hydrogens is 285 g/mol. The van der Waals surface area contributed by atoms with Crippen LogP contribution in [0.5, 0.6) is 0 Å². The van der Waals surface area contributed by atoms with Gasteiger partial charge in [-0.1, -0.05) is 5.16 Å². The van der Waals surface area contributed by atoms with Crippen molar-refractivity contribution >= 4 is 11.5 Å². The van der Waals surface area contributed by atoms with Gasteiger partial charge in [-0.25, -0.2) is 0 Å². The Bertz CT molecular complexity index is 515. The Morgan fingerprint density at radius 3 is 2.33 bits per heavy atom. The summed E-state index contributed by atoms with van der Waals surface area (Å²) >= 11 is 0. The van der Waals surface area contributed by atoms with Gasteiger partial charge in [0.2, 0.25) is 0 Å². The number of benzene rings is 1. The van der Waals surface area contributed by atoms with Gasteiger partial charge in [-0.05, 0) is 32.3 Å². The number of hydrogen-bond acceptors (Lipinski definition) is 4. The second kappa shape index (κ2) is 6.66. The summed E-state index contributed by atoms with van der Waals surface area (Å²) in [6, 6.07) is 3.19. The fraction of sp³-hybridized carbons (Fsp3) is 0.462. The molecule has 0 aliphatic carbocycles. The van der Waals surface area contributed by atoms with Gasteiger partial charge in [0, 0.05) is 31.4 Å². The number of oxime groups is 1. The third kappa shape index (κ3) is 4.52. The van der Waals surface area contributed by atoms with Crippen LogP contribution in [0.4, 0.5) is 18.9 Å². The van der Waals surface area contributed by atoms with Crippen molar-refractivity contribution in [3.8, 4) is 0 Å². The highest BCUT2D eigenvalue weighted by atomic mass is 19.4. The molecular formula is C13H19F3N4O. The predicted octanol–water partition coefficient (Wildman–Crippen LogP) is 1.80. The molecule has 118 valence electrons. The monoisotopic (exact) mass is 304 g/mol. The van der Waals surface area contributed by atoms with Crippen molar-refractivity contribution in [3.63, 3.8) is 0 Å². The van der Waals surface area contributed by atoms with E-state index < -0.39 is 11.7 Å². The number of nitrogens with two attached hydrogens (primary N) is 1. The third-order valence-electron chi connectivity index (χ3n) is 3.00. The summed E-state index contributed by atoms with van der Waals surface area (Å²) in [6.45, 7) is 1.30. The molecule has 0 aromatic heterocycles. The minimum absolute atomic E-state index is 0.0496. The SMILES string of the molecule is CN(C)CCN(C)c1ccc(C(F)(F)F)cc1C(N)=NO. The Morgan fingerprint density at radius 1 is 1.24 bits per heavy atom. The lowest BCUT2D eigenvalue weighted by molar-refractivity contribution is -0.137. The zero-order valence-corrected chi connectivity index (χ0v) is 12.1. The summed E-state index contributed by atoms with van der Waals surface area (Å²) in [7, 11) is 5.52. The summed E-state index contributed by atoms with van der Waals surface area (Å²) in [4.78, 5) is 3.71. The van der Waals surface area contributed by atoms with Gasteiger partial charge in [-0.2, -0.15) is 13.2 Å². The van der Waals surface area contributed by atoms with Crippen LogP contribution in [0.25, 0.3) is 0 Å². The first-order valence-corrected chi connectivity index (χ1v) is 6.21. The van der Waals surface area contributed by atoms with Crippen LogP contribution >= 0.6 is 0 Å². The average molecular weight is 304 g/mol. The molecule has 0 saturated carbocycles. The number of hydrogen-bond donors (Lipinski definition) is 2. The lowest BCUT2D eigenvalue weighted by atomic mass is 10.1. The van der Waals surface area contributed by atoms with Gasteiger partial charge < -0.3 is 20.7 Å².